The first-order valence-corrected chi connectivity index (χ1v) is 18.5. The van der Waals surface area contributed by atoms with E-state index in [4.69, 9.17) is 19.2 Å². The summed E-state index contributed by atoms with van der Waals surface area (Å²) in [5.74, 6) is 0.896. The second-order valence-electron chi connectivity index (χ2n) is 14.0. The third-order valence-electron chi connectivity index (χ3n) is 9.87. The summed E-state index contributed by atoms with van der Waals surface area (Å²) in [7, 11) is 0. The number of β-amino-alcohol motifs (C(OH)–C–C–N with tert-alkyl or cyclic N) is 1. The van der Waals surface area contributed by atoms with Crippen LogP contribution >= 0.6 is 11.8 Å². The molecule has 0 aliphatic carbocycles. The number of piperidine rings is 1. The smallest absolute Gasteiger partial charge is 0.254 e. The molecule has 1 amide bonds. The molecule has 2 saturated heterocycles. The standard InChI is InChI=1S/C37H49N5O6S/c1-21-14-31(49-7)30(36(45)40-21)17-39-35(44)28-15-29(26-8-9-32(38-16-26)42-19-23(3)46-24(4)20-42)34-33(25(28)5)47-37(6,48-34)27-10-12-41(13-11-27)18-22(2)43/h8-9,14-16,22-24,27,43H,10-13,17-20H2,1-7H3,(H,39,44)(H,40,45)/t22?,23-,24+,37?. The number of rotatable bonds is 9. The topological polar surface area (TPSA) is 129 Å². The number of aliphatic hydroxyl groups excluding tert-OH is 1. The number of morpholine rings is 1. The van der Waals surface area contributed by atoms with Gasteiger partial charge in [-0.3, -0.25) is 9.59 Å². The van der Waals surface area contributed by atoms with Gasteiger partial charge in [0.05, 0.1) is 18.3 Å². The van der Waals surface area contributed by atoms with E-state index in [9.17, 15) is 14.7 Å². The molecule has 0 saturated carbocycles. The molecule has 2 aromatic heterocycles. The molecule has 6 rings (SSSR count). The van der Waals surface area contributed by atoms with Gasteiger partial charge in [0.25, 0.3) is 17.3 Å². The number of benzene rings is 1. The van der Waals surface area contributed by atoms with Gasteiger partial charge >= 0.3 is 0 Å². The molecule has 0 bridgehead atoms. The Balaban J connectivity index is 1.32. The molecule has 49 heavy (non-hydrogen) atoms. The van der Waals surface area contributed by atoms with Crippen molar-refractivity contribution in [3.63, 3.8) is 0 Å². The summed E-state index contributed by atoms with van der Waals surface area (Å²) in [5.41, 5.74) is 3.74. The summed E-state index contributed by atoms with van der Waals surface area (Å²) in [6, 6.07) is 7.80. The van der Waals surface area contributed by atoms with Crippen LogP contribution in [-0.4, -0.2) is 89.0 Å². The largest absolute Gasteiger partial charge is 0.448 e. The number of fused-ring (bicyclic) bond motifs is 1. The van der Waals surface area contributed by atoms with Gasteiger partial charge in [0.1, 0.15) is 5.82 Å². The summed E-state index contributed by atoms with van der Waals surface area (Å²) in [6.07, 6.45) is 5.30. The number of aromatic nitrogens is 2. The van der Waals surface area contributed by atoms with Crippen LogP contribution in [0.3, 0.4) is 0 Å². The number of nitrogens with one attached hydrogen (secondary N) is 2. The third kappa shape index (κ3) is 7.47. The van der Waals surface area contributed by atoms with Gasteiger partial charge in [0.2, 0.25) is 0 Å². The molecule has 0 radical (unpaired) electrons. The van der Waals surface area contributed by atoms with Crippen molar-refractivity contribution in [2.75, 3.05) is 43.9 Å². The van der Waals surface area contributed by atoms with Crippen molar-refractivity contribution >= 4 is 23.5 Å². The van der Waals surface area contributed by atoms with Crippen LogP contribution in [0.25, 0.3) is 11.1 Å². The van der Waals surface area contributed by atoms with Crippen LogP contribution in [0.15, 0.2) is 40.2 Å². The van der Waals surface area contributed by atoms with Gasteiger partial charge in [0, 0.05) is 83.6 Å². The number of aliphatic hydroxyl groups is 1. The molecule has 4 atom stereocenters. The highest BCUT2D eigenvalue weighted by atomic mass is 32.2. The zero-order chi connectivity index (χ0) is 35.0. The molecule has 1 aromatic carbocycles. The number of hydrogen-bond donors (Lipinski definition) is 3. The molecular formula is C37H49N5O6S. The van der Waals surface area contributed by atoms with Crippen LogP contribution in [0, 0.1) is 19.8 Å². The minimum atomic E-state index is -0.927. The van der Waals surface area contributed by atoms with Gasteiger partial charge in [-0.1, -0.05) is 0 Å². The molecule has 3 N–H and O–H groups in total. The minimum Gasteiger partial charge on any atom is -0.448 e. The lowest BCUT2D eigenvalue weighted by molar-refractivity contribution is -0.125. The number of carbonyl (C=O) groups excluding carboxylic acids is 1. The maximum absolute atomic E-state index is 13.9. The number of likely N-dealkylation sites (tertiary alicyclic amines) is 1. The van der Waals surface area contributed by atoms with Crippen molar-refractivity contribution in [1.29, 1.82) is 0 Å². The molecule has 3 aromatic rings. The summed E-state index contributed by atoms with van der Waals surface area (Å²) in [5, 5.41) is 12.9. The normalized spacial score (nSPS) is 23.5. The van der Waals surface area contributed by atoms with E-state index in [2.05, 4.69) is 33.9 Å². The number of H-pyrrole nitrogens is 1. The minimum absolute atomic E-state index is 0.0865. The van der Waals surface area contributed by atoms with Gasteiger partial charge in [-0.2, -0.15) is 0 Å². The molecule has 12 heteroatoms. The SMILES string of the molecule is CSc1cc(C)[nH]c(=O)c1CNC(=O)c1cc(-c2ccc(N3C[C@@H](C)O[C@@H](C)C3)nc2)c2c(c1C)OC(C)(C1CCN(CC(C)O)CC1)O2. The Morgan fingerprint density at radius 3 is 2.47 bits per heavy atom. The number of pyridine rings is 2. The van der Waals surface area contributed by atoms with Crippen LogP contribution in [0.1, 0.15) is 67.7 Å². The molecule has 3 aliphatic rings. The Labute approximate surface area is 292 Å². The van der Waals surface area contributed by atoms with Crippen LogP contribution in [0.2, 0.25) is 0 Å². The number of amides is 1. The Morgan fingerprint density at radius 2 is 1.84 bits per heavy atom. The number of aryl methyl sites for hydroxylation is 1. The van der Waals surface area contributed by atoms with Crippen molar-refractivity contribution < 1.29 is 24.1 Å². The van der Waals surface area contributed by atoms with E-state index in [-0.39, 0.29) is 42.2 Å². The number of carbonyl (C=O) groups is 1. The maximum Gasteiger partial charge on any atom is 0.254 e. The summed E-state index contributed by atoms with van der Waals surface area (Å²) >= 11 is 1.48. The number of thioether (sulfide) groups is 1. The zero-order valence-corrected chi connectivity index (χ0v) is 30.4. The van der Waals surface area contributed by atoms with Crippen molar-refractivity contribution in [3.05, 3.63) is 63.2 Å². The second kappa shape index (κ2) is 14.3. The molecule has 3 aliphatic heterocycles. The van der Waals surface area contributed by atoms with Crippen LogP contribution in [0.5, 0.6) is 11.5 Å². The first-order valence-electron chi connectivity index (χ1n) is 17.2. The Kier molecular flexibility index (Phi) is 10.3. The van der Waals surface area contributed by atoms with E-state index in [1.165, 1.54) is 11.8 Å². The highest BCUT2D eigenvalue weighted by molar-refractivity contribution is 7.98. The third-order valence-corrected chi connectivity index (χ3v) is 10.7. The number of aromatic amines is 1. The molecule has 2 unspecified atom stereocenters. The van der Waals surface area contributed by atoms with E-state index in [0.717, 1.165) is 66.6 Å². The maximum atomic E-state index is 13.9. The Bertz CT molecular complexity index is 1730. The first-order chi connectivity index (χ1) is 23.3. The fraction of sp³-hybridized carbons (Fsp3) is 0.541. The monoisotopic (exact) mass is 691 g/mol. The molecule has 0 spiro atoms. The fourth-order valence-electron chi connectivity index (χ4n) is 7.41. The molecular weight excluding hydrogens is 643 g/mol. The molecule has 2 fully saturated rings. The van der Waals surface area contributed by atoms with Crippen molar-refractivity contribution in [2.45, 2.75) is 89.9 Å². The summed E-state index contributed by atoms with van der Waals surface area (Å²) in [4.78, 5) is 39.8. The summed E-state index contributed by atoms with van der Waals surface area (Å²) < 4.78 is 19.4. The lowest BCUT2D eigenvalue weighted by Crippen LogP contribution is -2.49. The van der Waals surface area contributed by atoms with Crippen molar-refractivity contribution in [1.82, 2.24) is 20.2 Å². The van der Waals surface area contributed by atoms with E-state index in [1.54, 1.807) is 0 Å². The van der Waals surface area contributed by atoms with Crippen LogP contribution in [-0.2, 0) is 11.3 Å². The molecule has 11 nitrogen and oxygen atoms in total. The van der Waals surface area contributed by atoms with Crippen molar-refractivity contribution in [3.8, 4) is 22.6 Å². The quantitative estimate of drug-likeness (QED) is 0.267. The lowest BCUT2D eigenvalue weighted by atomic mass is 9.89. The number of hydrogen-bond acceptors (Lipinski definition) is 10. The average molecular weight is 692 g/mol. The highest BCUT2D eigenvalue weighted by Gasteiger charge is 2.47. The predicted molar refractivity (Wildman–Crippen MR) is 192 cm³/mol. The van der Waals surface area contributed by atoms with Gasteiger partial charge in [-0.25, -0.2) is 4.98 Å². The zero-order valence-electron chi connectivity index (χ0n) is 29.6. The van der Waals surface area contributed by atoms with E-state index in [0.29, 0.717) is 34.7 Å². The van der Waals surface area contributed by atoms with Crippen LogP contribution < -0.4 is 25.2 Å². The Hall–Kier alpha value is -3.58. The number of nitrogens with zero attached hydrogens (tertiary/aromatic N) is 3. The van der Waals surface area contributed by atoms with E-state index < -0.39 is 5.79 Å². The van der Waals surface area contributed by atoms with Gasteiger partial charge in [-0.05, 0) is 91.1 Å². The van der Waals surface area contributed by atoms with E-state index >= 15 is 0 Å². The van der Waals surface area contributed by atoms with E-state index in [1.807, 2.05) is 64.4 Å². The van der Waals surface area contributed by atoms with Crippen molar-refractivity contribution in [2.24, 2.45) is 5.92 Å². The lowest BCUT2D eigenvalue weighted by Gasteiger charge is -2.39. The number of ether oxygens (including phenoxy) is 3. The van der Waals surface area contributed by atoms with Crippen LogP contribution in [0.4, 0.5) is 5.82 Å². The number of anilines is 1. The fourth-order valence-corrected chi connectivity index (χ4v) is 8.12. The average Bonchev–Trinajstić information content (AvgIpc) is 3.43. The molecule has 5 heterocycles. The summed E-state index contributed by atoms with van der Waals surface area (Å²) in [6.45, 7) is 15.6. The Morgan fingerprint density at radius 1 is 1.14 bits per heavy atom. The second-order valence-corrected chi connectivity index (χ2v) is 14.8. The van der Waals surface area contributed by atoms with Gasteiger partial charge < -0.3 is 39.4 Å². The van der Waals surface area contributed by atoms with Gasteiger partial charge in [-0.15, -0.1) is 11.8 Å². The predicted octanol–water partition coefficient (Wildman–Crippen LogP) is 4.90. The molecule has 264 valence electrons. The van der Waals surface area contributed by atoms with Gasteiger partial charge in [0.15, 0.2) is 11.5 Å². The highest BCUT2D eigenvalue weighted by Crippen LogP contribution is 2.52. The first kappa shape index (κ1) is 35.3.